The first-order valence-electron chi connectivity index (χ1n) is 8.53. The maximum atomic E-state index is 14.2. The Morgan fingerprint density at radius 3 is 2.41 bits per heavy atom. The van der Waals surface area contributed by atoms with Gasteiger partial charge in [0.15, 0.2) is 0 Å². The molecule has 7 heteroatoms. The molecule has 1 fully saturated rings. The number of nitrogens with zero attached hydrogens (tertiary/aromatic N) is 3. The van der Waals surface area contributed by atoms with Crippen molar-refractivity contribution < 1.29 is 18.7 Å². The van der Waals surface area contributed by atoms with E-state index in [1.165, 1.54) is 13.2 Å². The molecular formula is C20H20FN3O3. The molecule has 0 unspecified atom stereocenters. The molecule has 0 aromatic heterocycles. The van der Waals surface area contributed by atoms with Crippen molar-refractivity contribution in [3.05, 3.63) is 53.3 Å². The Morgan fingerprint density at radius 2 is 1.81 bits per heavy atom. The Hall–Kier alpha value is -3.27. The zero-order chi connectivity index (χ0) is 19.4. The molecule has 1 aliphatic rings. The van der Waals surface area contributed by atoms with Gasteiger partial charge in [0.05, 0.1) is 37.1 Å². The van der Waals surface area contributed by atoms with Crippen LogP contribution in [-0.2, 0) is 0 Å². The highest BCUT2D eigenvalue weighted by Gasteiger charge is 2.25. The van der Waals surface area contributed by atoms with Crippen molar-refractivity contribution in [2.75, 3.05) is 45.3 Å². The lowest BCUT2D eigenvalue weighted by molar-refractivity contribution is 0.0743. The predicted octanol–water partition coefficient (Wildman–Crippen LogP) is 2.68. The molecule has 0 radical (unpaired) electrons. The van der Waals surface area contributed by atoms with Crippen molar-refractivity contribution in [2.45, 2.75) is 0 Å². The number of benzene rings is 2. The number of piperazine rings is 1. The fraction of sp³-hybridized carbons (Fsp3) is 0.300. The Bertz CT molecular complexity index is 887. The van der Waals surface area contributed by atoms with Crippen molar-refractivity contribution >= 4 is 11.6 Å². The second kappa shape index (κ2) is 7.96. The van der Waals surface area contributed by atoms with Crippen molar-refractivity contribution in [1.82, 2.24) is 4.90 Å². The van der Waals surface area contributed by atoms with Gasteiger partial charge in [-0.2, -0.15) is 5.26 Å². The number of carbonyl (C=O) groups excluding carboxylic acids is 1. The molecular weight excluding hydrogens is 349 g/mol. The number of hydrogen-bond acceptors (Lipinski definition) is 5. The average molecular weight is 369 g/mol. The fourth-order valence-corrected chi connectivity index (χ4v) is 3.13. The molecule has 0 spiro atoms. The smallest absolute Gasteiger partial charge is 0.257 e. The van der Waals surface area contributed by atoms with Crippen molar-refractivity contribution in [2.24, 2.45) is 0 Å². The maximum Gasteiger partial charge on any atom is 0.257 e. The first-order valence-corrected chi connectivity index (χ1v) is 8.53. The summed E-state index contributed by atoms with van der Waals surface area (Å²) >= 11 is 0. The Labute approximate surface area is 157 Å². The van der Waals surface area contributed by atoms with Gasteiger partial charge in [-0.1, -0.05) is 0 Å². The van der Waals surface area contributed by atoms with Crippen LogP contribution in [0, 0.1) is 17.1 Å². The first kappa shape index (κ1) is 18.5. The van der Waals surface area contributed by atoms with Gasteiger partial charge in [0.2, 0.25) is 0 Å². The molecule has 1 saturated heterocycles. The quantitative estimate of drug-likeness (QED) is 0.829. The van der Waals surface area contributed by atoms with Crippen LogP contribution in [0.5, 0.6) is 11.5 Å². The van der Waals surface area contributed by atoms with Gasteiger partial charge in [-0.25, -0.2) is 4.39 Å². The van der Waals surface area contributed by atoms with E-state index in [0.717, 1.165) is 0 Å². The number of hydrogen-bond donors (Lipinski definition) is 0. The minimum absolute atomic E-state index is 0.130. The zero-order valence-corrected chi connectivity index (χ0v) is 15.2. The number of anilines is 1. The molecule has 0 bridgehead atoms. The topological polar surface area (TPSA) is 65.8 Å². The average Bonchev–Trinajstić information content (AvgIpc) is 2.72. The third kappa shape index (κ3) is 3.80. The summed E-state index contributed by atoms with van der Waals surface area (Å²) in [6, 6.07) is 11.4. The minimum Gasteiger partial charge on any atom is -0.497 e. The third-order valence-electron chi connectivity index (χ3n) is 4.62. The van der Waals surface area contributed by atoms with Crippen LogP contribution < -0.4 is 14.4 Å². The van der Waals surface area contributed by atoms with Crippen molar-refractivity contribution in [3.8, 4) is 17.6 Å². The first-order chi connectivity index (χ1) is 13.1. The SMILES string of the molecule is COc1ccc(C(=O)N2CCN(c3ccc(C#N)cc3F)CC2)c(OC)c1. The summed E-state index contributed by atoms with van der Waals surface area (Å²) in [7, 11) is 3.06. The Balaban J connectivity index is 1.71. The highest BCUT2D eigenvalue weighted by Crippen LogP contribution is 2.27. The molecule has 0 aliphatic carbocycles. The molecule has 0 saturated carbocycles. The van der Waals surface area contributed by atoms with Gasteiger partial charge in [-0.05, 0) is 30.3 Å². The molecule has 1 heterocycles. The van der Waals surface area contributed by atoms with Crippen LogP contribution >= 0.6 is 0 Å². The maximum absolute atomic E-state index is 14.2. The van der Waals surface area contributed by atoms with Gasteiger partial charge in [-0.3, -0.25) is 4.79 Å². The monoisotopic (exact) mass is 369 g/mol. The van der Waals surface area contributed by atoms with E-state index in [4.69, 9.17) is 14.7 Å². The van der Waals surface area contributed by atoms with E-state index in [9.17, 15) is 9.18 Å². The van der Waals surface area contributed by atoms with Crippen LogP contribution in [0.1, 0.15) is 15.9 Å². The molecule has 0 N–H and O–H groups in total. The van der Waals surface area contributed by atoms with Crippen LogP contribution in [0.2, 0.25) is 0 Å². The summed E-state index contributed by atoms with van der Waals surface area (Å²) in [5.41, 5.74) is 1.20. The summed E-state index contributed by atoms with van der Waals surface area (Å²) < 4.78 is 24.7. The molecule has 1 aliphatic heterocycles. The molecule has 6 nitrogen and oxygen atoms in total. The number of ether oxygens (including phenoxy) is 2. The van der Waals surface area contributed by atoms with Crippen LogP contribution in [0.15, 0.2) is 36.4 Å². The highest BCUT2D eigenvalue weighted by molar-refractivity contribution is 5.97. The summed E-state index contributed by atoms with van der Waals surface area (Å²) in [5, 5.41) is 8.85. The zero-order valence-electron chi connectivity index (χ0n) is 15.2. The van der Waals surface area contributed by atoms with Gasteiger partial charge < -0.3 is 19.3 Å². The standard InChI is InChI=1S/C20H20FN3O3/c1-26-15-4-5-16(19(12-15)27-2)20(25)24-9-7-23(8-10-24)18-6-3-14(13-22)11-17(18)21/h3-6,11-12H,7-10H2,1-2H3. The number of carbonyl (C=O) groups is 1. The Kier molecular flexibility index (Phi) is 5.46. The second-order valence-electron chi connectivity index (χ2n) is 6.12. The second-order valence-corrected chi connectivity index (χ2v) is 6.12. The molecule has 3 rings (SSSR count). The van der Waals surface area contributed by atoms with E-state index in [0.29, 0.717) is 48.9 Å². The summed E-state index contributed by atoms with van der Waals surface area (Å²) in [5.74, 6) is 0.518. The summed E-state index contributed by atoms with van der Waals surface area (Å²) in [4.78, 5) is 16.5. The number of halogens is 1. The number of amides is 1. The van der Waals surface area contributed by atoms with Gasteiger partial charge >= 0.3 is 0 Å². The Morgan fingerprint density at radius 1 is 1.07 bits per heavy atom. The van der Waals surface area contributed by atoms with E-state index in [-0.39, 0.29) is 11.5 Å². The van der Waals surface area contributed by atoms with Crippen molar-refractivity contribution in [3.63, 3.8) is 0 Å². The largest absolute Gasteiger partial charge is 0.497 e. The van der Waals surface area contributed by atoms with E-state index in [1.807, 2.05) is 11.0 Å². The minimum atomic E-state index is -0.425. The van der Waals surface area contributed by atoms with E-state index in [1.54, 1.807) is 42.3 Å². The molecule has 27 heavy (non-hydrogen) atoms. The lowest BCUT2D eigenvalue weighted by atomic mass is 10.1. The number of methoxy groups -OCH3 is 2. The van der Waals surface area contributed by atoms with E-state index >= 15 is 0 Å². The molecule has 2 aromatic carbocycles. The molecule has 140 valence electrons. The number of nitriles is 1. The van der Waals surface area contributed by atoms with Crippen LogP contribution in [-0.4, -0.2) is 51.2 Å². The lowest BCUT2D eigenvalue weighted by Gasteiger charge is -2.36. The summed E-state index contributed by atoms with van der Waals surface area (Å²) in [6.45, 7) is 1.95. The van der Waals surface area contributed by atoms with Gasteiger partial charge in [0.25, 0.3) is 5.91 Å². The lowest BCUT2D eigenvalue weighted by Crippen LogP contribution is -2.49. The molecule has 2 aromatic rings. The normalized spacial score (nSPS) is 13.9. The van der Waals surface area contributed by atoms with Crippen LogP contribution in [0.25, 0.3) is 0 Å². The molecule has 0 atom stereocenters. The van der Waals surface area contributed by atoms with Crippen LogP contribution in [0.3, 0.4) is 0 Å². The highest BCUT2D eigenvalue weighted by atomic mass is 19.1. The third-order valence-corrected chi connectivity index (χ3v) is 4.62. The van der Waals surface area contributed by atoms with E-state index in [2.05, 4.69) is 0 Å². The van der Waals surface area contributed by atoms with Gasteiger partial charge in [0, 0.05) is 32.2 Å². The van der Waals surface area contributed by atoms with Crippen molar-refractivity contribution in [1.29, 1.82) is 5.26 Å². The van der Waals surface area contributed by atoms with Gasteiger partial charge in [-0.15, -0.1) is 0 Å². The fourth-order valence-electron chi connectivity index (χ4n) is 3.13. The predicted molar refractivity (Wildman–Crippen MR) is 98.8 cm³/mol. The van der Waals surface area contributed by atoms with Crippen LogP contribution in [0.4, 0.5) is 10.1 Å². The van der Waals surface area contributed by atoms with Gasteiger partial charge in [0.1, 0.15) is 17.3 Å². The number of rotatable bonds is 4. The summed E-state index contributed by atoms with van der Waals surface area (Å²) in [6.07, 6.45) is 0. The van der Waals surface area contributed by atoms with E-state index < -0.39 is 5.82 Å². The molecule has 1 amide bonds.